The second-order valence-corrected chi connectivity index (χ2v) is 21.4. The molecular weight excluding hydrogens is 1010 g/mol. The van der Waals surface area contributed by atoms with Gasteiger partial charge in [0.15, 0.2) is 16.3 Å². The number of hydrogen-bond acceptors (Lipinski definition) is 10. The molecule has 8 aromatic heterocycles. The van der Waals surface area contributed by atoms with Crippen molar-refractivity contribution in [3.63, 3.8) is 0 Å². The Morgan fingerprint density at radius 3 is 1.31 bits per heavy atom. The van der Waals surface area contributed by atoms with Gasteiger partial charge < -0.3 is 26.3 Å². The van der Waals surface area contributed by atoms with Gasteiger partial charge in [0, 0.05) is 98.4 Å². The summed E-state index contributed by atoms with van der Waals surface area (Å²) in [7, 11) is 0. The normalized spacial score (nSPS) is 17.6. The number of ketones is 2. The molecule has 379 valence electrons. The van der Waals surface area contributed by atoms with Crippen molar-refractivity contribution in [2.45, 2.75) is 127 Å². The number of carbonyl (C=O) groups excluding carboxylic acids is 2. The summed E-state index contributed by atoms with van der Waals surface area (Å²) in [6.45, 7) is 0. The first-order chi connectivity index (χ1) is 30.9. The van der Waals surface area contributed by atoms with E-state index < -0.39 is 0 Å². The molecule has 5 N–H and O–H groups in total. The van der Waals surface area contributed by atoms with Crippen LogP contribution in [0.25, 0.3) is 0 Å². The first-order valence-corrected chi connectivity index (χ1v) is 25.8. The molecule has 4 unspecified atom stereocenters. The van der Waals surface area contributed by atoms with Crippen molar-refractivity contribution >= 4 is 90.0 Å². The second kappa shape index (κ2) is 32.0. The first-order valence-electron chi connectivity index (χ1n) is 21.9. The molecule has 0 saturated heterocycles. The van der Waals surface area contributed by atoms with Crippen LogP contribution in [0.1, 0.15) is 138 Å². The Labute approximate surface area is 475 Å². The largest absolute Gasteiger partial charge is 1.00 e. The molecule has 0 aromatic carbocycles. The molecule has 0 spiro atoms. The molecular formula is C53H74BClN8NaO2S5. The summed E-state index contributed by atoms with van der Waals surface area (Å²) >= 11 is 12.3. The maximum atomic E-state index is 12.2. The zero-order valence-electron chi connectivity index (χ0n) is 38.1. The van der Waals surface area contributed by atoms with E-state index in [0.717, 1.165) is 90.5 Å². The molecule has 4 aliphatic rings. The monoisotopic (exact) mass is 1080 g/mol. The fraction of sp³-hybridized carbons (Fsp3) is 0.434. The summed E-state index contributed by atoms with van der Waals surface area (Å²) in [5.74, 6) is 2.43. The number of H-pyrrole nitrogens is 5. The third-order valence-electron chi connectivity index (χ3n) is 12.7. The van der Waals surface area contributed by atoms with Gasteiger partial charge in [0.1, 0.15) is 0 Å². The van der Waals surface area contributed by atoms with Crippen LogP contribution in [-0.4, -0.2) is 59.9 Å². The summed E-state index contributed by atoms with van der Waals surface area (Å²) in [5, 5.41) is 8.47. The van der Waals surface area contributed by atoms with Gasteiger partial charge in [-0.1, -0.05) is 37.1 Å². The Morgan fingerprint density at radius 2 is 0.915 bits per heavy atom. The van der Waals surface area contributed by atoms with E-state index in [1.165, 1.54) is 59.7 Å². The molecule has 0 fully saturated rings. The maximum absolute atomic E-state index is 12.2. The van der Waals surface area contributed by atoms with E-state index in [2.05, 4.69) is 62.8 Å². The van der Waals surface area contributed by atoms with Crippen LogP contribution in [0, 0.1) is 28.4 Å². The molecule has 0 bridgehead atoms. The van der Waals surface area contributed by atoms with E-state index in [0.29, 0.717) is 11.6 Å². The average Bonchev–Trinajstić information content (AvgIpc) is 4.15. The number of halogens is 1. The first kappa shape index (κ1) is 65.6. The van der Waals surface area contributed by atoms with Gasteiger partial charge in [0.05, 0.1) is 19.0 Å². The van der Waals surface area contributed by atoms with Crippen molar-refractivity contribution in [3.05, 3.63) is 159 Å². The van der Waals surface area contributed by atoms with Crippen molar-refractivity contribution < 1.29 is 40.6 Å². The van der Waals surface area contributed by atoms with Gasteiger partial charge in [-0.2, -0.15) is 0 Å². The number of imidazole rings is 4. The number of nitrogens with zero attached hydrogens (tertiary/aromatic N) is 3. The number of thiophene rings is 4. The minimum atomic E-state index is 0. The number of aromatic nitrogens is 8. The molecule has 4 aliphatic carbocycles. The Hall–Kier alpha value is -3.45. The van der Waals surface area contributed by atoms with Gasteiger partial charge in [-0.15, -0.1) is 57.8 Å². The molecule has 0 amide bonds. The number of carbonyl (C=O) groups is 2. The Bertz CT molecular complexity index is 2650. The zero-order chi connectivity index (χ0) is 43.0. The van der Waals surface area contributed by atoms with Crippen LogP contribution in [0.3, 0.4) is 0 Å². The summed E-state index contributed by atoms with van der Waals surface area (Å²) in [4.78, 5) is 57.7. The molecule has 71 heavy (non-hydrogen) atoms. The van der Waals surface area contributed by atoms with Gasteiger partial charge in [-0.05, 0) is 171 Å². The Balaban J connectivity index is 0.000000896. The minimum Gasteiger partial charge on any atom is -1.00 e. The van der Waals surface area contributed by atoms with Crippen molar-refractivity contribution in [2.24, 2.45) is 23.7 Å². The smallest absolute Gasteiger partial charge is 1.00 e. The summed E-state index contributed by atoms with van der Waals surface area (Å²) in [6.07, 6.45) is 28.1. The number of aromatic amines is 5. The second-order valence-electron chi connectivity index (χ2n) is 17.0. The number of rotatable bonds is 8. The van der Waals surface area contributed by atoms with E-state index in [1.807, 2.05) is 58.0 Å². The van der Waals surface area contributed by atoms with Crippen LogP contribution in [0.15, 0.2) is 89.6 Å². The molecule has 8 aromatic rings. The summed E-state index contributed by atoms with van der Waals surface area (Å²) in [5.41, 5.74) is 9.66. The van der Waals surface area contributed by atoms with Crippen LogP contribution in [0.4, 0.5) is 0 Å². The summed E-state index contributed by atoms with van der Waals surface area (Å²) < 4.78 is 0.738. The number of aryl methyl sites for hydroxylation is 4. The molecule has 10 nitrogen and oxygen atoms in total. The number of hydrogen-bond donors (Lipinski definition) is 5. The predicted octanol–water partition coefficient (Wildman–Crippen LogP) is 11.6. The van der Waals surface area contributed by atoms with Crippen LogP contribution in [0.2, 0.25) is 0 Å². The fourth-order valence-corrected chi connectivity index (χ4v) is 13.3. The summed E-state index contributed by atoms with van der Waals surface area (Å²) in [6, 6.07) is 8.49. The molecule has 18 heteroatoms. The molecule has 0 saturated carbocycles. The third kappa shape index (κ3) is 17.3. The SMILES string of the molecule is C.C.C.C.C.Cl.O=C1c2ccsc2CCC1Cc1cnc[nH]1.O=C1c2ccsc2CCC1Cc1cnc[nH]1.S=c1[nH]cc(CC2CCc3sccc3C2)[nH]1.[B].[H-].[Na+].c1ncc(CC2CCc3sccc3C2)[nH]1. The van der Waals surface area contributed by atoms with Crippen LogP contribution in [-0.2, 0) is 64.2 Å². The predicted molar refractivity (Wildman–Crippen MR) is 305 cm³/mol. The molecule has 3 radical (unpaired) electrons. The fourth-order valence-electron chi connectivity index (χ4n) is 9.41. The average molecular weight is 1080 g/mol. The number of Topliss-reactive ketones (excluding diaryl/α,β-unsaturated/α-hetero) is 2. The Kier molecular flexibility index (Phi) is 29.5. The van der Waals surface area contributed by atoms with Gasteiger partial charge in [0.2, 0.25) is 0 Å². The van der Waals surface area contributed by atoms with Crippen LogP contribution in [0.5, 0.6) is 0 Å². The van der Waals surface area contributed by atoms with Crippen LogP contribution < -0.4 is 29.6 Å². The van der Waals surface area contributed by atoms with Crippen LogP contribution >= 0.6 is 70.0 Å². The van der Waals surface area contributed by atoms with Gasteiger partial charge >= 0.3 is 29.6 Å². The Morgan fingerprint density at radius 1 is 0.535 bits per heavy atom. The molecule has 4 atom stereocenters. The van der Waals surface area contributed by atoms with Crippen molar-refractivity contribution in [2.75, 3.05) is 0 Å². The third-order valence-corrected chi connectivity index (χ3v) is 16.9. The zero-order valence-corrected chi connectivity index (χ0v) is 44.0. The van der Waals surface area contributed by atoms with E-state index >= 15 is 0 Å². The number of nitrogens with one attached hydrogen (secondary N) is 5. The van der Waals surface area contributed by atoms with E-state index in [1.54, 1.807) is 74.9 Å². The molecule has 0 aliphatic heterocycles. The quantitative estimate of drug-likeness (QED) is 0.0755. The van der Waals surface area contributed by atoms with Gasteiger partial charge in [0.25, 0.3) is 0 Å². The van der Waals surface area contributed by atoms with Gasteiger partial charge in [-0.3, -0.25) is 9.59 Å². The van der Waals surface area contributed by atoms with E-state index in [4.69, 9.17) is 12.2 Å². The van der Waals surface area contributed by atoms with Crippen molar-refractivity contribution in [1.29, 1.82) is 0 Å². The number of fused-ring (bicyclic) bond motifs is 4. The van der Waals surface area contributed by atoms with E-state index in [9.17, 15) is 9.59 Å². The van der Waals surface area contributed by atoms with Gasteiger partial charge in [-0.25, -0.2) is 15.0 Å². The van der Waals surface area contributed by atoms with E-state index in [-0.39, 0.29) is 101 Å². The maximum Gasteiger partial charge on any atom is 1.00 e. The minimum absolute atomic E-state index is 0. The van der Waals surface area contributed by atoms with Crippen molar-refractivity contribution in [1.82, 2.24) is 39.9 Å². The molecule has 12 rings (SSSR count). The van der Waals surface area contributed by atoms with Crippen molar-refractivity contribution in [3.8, 4) is 0 Å². The molecule has 8 heterocycles. The topological polar surface area (TPSA) is 152 Å². The standard InChI is InChI=1S/2C12H12N2OS.C12H14N2S2.C12H14N2S.5CH4.B.ClH.Na.H/c2*15-12-8(5-9-6-13-7-14-9)1-2-11-10(12)3-4-16-11;15-12-13-7-10(14-12)6-8-1-2-11-9(5-8)3-4-16-11;1-2-12-10(3-4-15-12)5-9(1)6-11-7-13-8-14-11;;;;;;;;;/h2*3-4,6-8H,1-2,5H2,(H,13,14);3-4,7-8H,1-2,5-6H2,(H2,13,14,15);3-4,7-9H,1-2,5-6H2,(H,13,14);5*1H4;;1H;;/q;;;;;;;;;;;+1;-1.